The lowest BCUT2D eigenvalue weighted by atomic mass is 10.1. The fourth-order valence-electron chi connectivity index (χ4n) is 3.16. The number of ether oxygens (including phenoxy) is 2. The number of hydrogen-bond donors (Lipinski definition) is 1. The molecule has 4 aromatic rings. The van der Waals surface area contributed by atoms with Crippen molar-refractivity contribution in [2.75, 3.05) is 14.2 Å². The van der Waals surface area contributed by atoms with Gasteiger partial charge in [0.1, 0.15) is 17.2 Å². The Kier molecular flexibility index (Phi) is 6.39. The maximum Gasteiger partial charge on any atom is 0.255 e. The number of nitrogens with zero attached hydrogens (tertiary/aromatic N) is 2. The van der Waals surface area contributed by atoms with Crippen LogP contribution in [0.25, 0.3) is 16.9 Å². The highest BCUT2D eigenvalue weighted by Gasteiger charge is 2.21. The molecule has 0 saturated carbocycles. The van der Waals surface area contributed by atoms with Crippen LogP contribution in [-0.2, 0) is 6.54 Å². The number of rotatable bonds is 7. The molecule has 1 N–H and O–H groups in total. The van der Waals surface area contributed by atoms with Gasteiger partial charge in [0.15, 0.2) is 0 Å². The number of benzene rings is 2. The van der Waals surface area contributed by atoms with Crippen LogP contribution in [-0.4, -0.2) is 29.9 Å². The molecular formula is C23H20BrN3O3S. The number of thiophene rings is 1. The predicted octanol–water partition coefficient (Wildman–Crippen LogP) is 5.31. The second kappa shape index (κ2) is 9.36. The molecule has 0 aliphatic rings. The van der Waals surface area contributed by atoms with E-state index in [1.54, 1.807) is 42.5 Å². The number of carbonyl (C=O) groups is 1. The molecule has 6 nitrogen and oxygen atoms in total. The van der Waals surface area contributed by atoms with E-state index in [9.17, 15) is 4.79 Å². The van der Waals surface area contributed by atoms with Crippen LogP contribution in [0.1, 0.15) is 15.2 Å². The van der Waals surface area contributed by atoms with Crippen LogP contribution < -0.4 is 14.8 Å². The van der Waals surface area contributed by atoms with Crippen molar-refractivity contribution in [2.45, 2.75) is 6.54 Å². The highest BCUT2D eigenvalue weighted by molar-refractivity contribution is 9.11. The van der Waals surface area contributed by atoms with Gasteiger partial charge in [-0.2, -0.15) is 5.10 Å². The fraction of sp³-hybridized carbons (Fsp3) is 0.130. The van der Waals surface area contributed by atoms with Gasteiger partial charge in [0.05, 0.1) is 35.8 Å². The number of carbonyl (C=O) groups excluding carboxylic acids is 1. The highest BCUT2D eigenvalue weighted by atomic mass is 79.9. The van der Waals surface area contributed by atoms with Gasteiger partial charge in [0.2, 0.25) is 0 Å². The van der Waals surface area contributed by atoms with Crippen molar-refractivity contribution >= 4 is 33.2 Å². The molecule has 0 spiro atoms. The van der Waals surface area contributed by atoms with E-state index in [4.69, 9.17) is 14.6 Å². The van der Waals surface area contributed by atoms with Gasteiger partial charge in [-0.3, -0.25) is 4.79 Å². The third kappa shape index (κ3) is 4.65. The average Bonchev–Trinajstić information content (AvgIpc) is 3.44. The summed E-state index contributed by atoms with van der Waals surface area (Å²) in [6, 6.07) is 19.1. The van der Waals surface area contributed by atoms with Crippen LogP contribution in [0.3, 0.4) is 0 Å². The number of para-hydroxylation sites is 1. The first-order chi connectivity index (χ1) is 15.1. The topological polar surface area (TPSA) is 65.4 Å². The first kappa shape index (κ1) is 21.1. The maximum atomic E-state index is 13.1. The molecule has 0 bridgehead atoms. The molecule has 158 valence electrons. The molecule has 8 heteroatoms. The summed E-state index contributed by atoms with van der Waals surface area (Å²) in [4.78, 5) is 14.2. The Labute approximate surface area is 192 Å². The van der Waals surface area contributed by atoms with E-state index in [0.29, 0.717) is 34.9 Å². The summed E-state index contributed by atoms with van der Waals surface area (Å²) in [5, 5.41) is 7.72. The Bertz CT molecular complexity index is 1200. The van der Waals surface area contributed by atoms with Crippen LogP contribution in [0.2, 0.25) is 0 Å². The van der Waals surface area contributed by atoms with Crippen LogP contribution in [0.5, 0.6) is 11.5 Å². The van der Waals surface area contributed by atoms with Gasteiger partial charge in [0.25, 0.3) is 5.91 Å². The lowest BCUT2D eigenvalue weighted by Gasteiger charge is -2.10. The Morgan fingerprint density at radius 2 is 1.90 bits per heavy atom. The molecule has 4 rings (SSSR count). The third-order valence-corrected chi connectivity index (χ3v) is 6.32. The smallest absolute Gasteiger partial charge is 0.255 e. The predicted molar refractivity (Wildman–Crippen MR) is 125 cm³/mol. The second-order valence-corrected chi connectivity index (χ2v) is 9.17. The van der Waals surface area contributed by atoms with Gasteiger partial charge in [-0.25, -0.2) is 4.68 Å². The average molecular weight is 498 g/mol. The van der Waals surface area contributed by atoms with E-state index in [1.165, 1.54) is 0 Å². The summed E-state index contributed by atoms with van der Waals surface area (Å²) < 4.78 is 13.6. The van der Waals surface area contributed by atoms with Gasteiger partial charge in [-0.05, 0) is 52.3 Å². The summed E-state index contributed by atoms with van der Waals surface area (Å²) in [5.74, 6) is 1.03. The van der Waals surface area contributed by atoms with Crippen molar-refractivity contribution in [1.29, 1.82) is 0 Å². The van der Waals surface area contributed by atoms with Gasteiger partial charge < -0.3 is 14.8 Å². The van der Waals surface area contributed by atoms with Crippen molar-refractivity contribution in [3.8, 4) is 28.4 Å². The molecule has 2 heterocycles. The van der Waals surface area contributed by atoms with E-state index < -0.39 is 0 Å². The summed E-state index contributed by atoms with van der Waals surface area (Å²) in [7, 11) is 3.18. The lowest BCUT2D eigenvalue weighted by Crippen LogP contribution is -2.22. The van der Waals surface area contributed by atoms with Gasteiger partial charge in [0, 0.05) is 22.7 Å². The van der Waals surface area contributed by atoms with Crippen LogP contribution in [0, 0.1) is 0 Å². The molecule has 0 fully saturated rings. The second-order valence-electron chi connectivity index (χ2n) is 6.63. The maximum absolute atomic E-state index is 13.1. The van der Waals surface area contributed by atoms with E-state index in [1.807, 2.05) is 54.6 Å². The van der Waals surface area contributed by atoms with E-state index in [0.717, 1.165) is 14.4 Å². The molecule has 0 aliphatic heterocycles. The minimum absolute atomic E-state index is 0.209. The van der Waals surface area contributed by atoms with Gasteiger partial charge >= 0.3 is 0 Å². The Balaban J connectivity index is 1.74. The zero-order chi connectivity index (χ0) is 21.8. The Morgan fingerprint density at radius 3 is 2.58 bits per heavy atom. The molecule has 0 saturated heterocycles. The quantitative estimate of drug-likeness (QED) is 0.375. The normalized spacial score (nSPS) is 10.7. The molecule has 31 heavy (non-hydrogen) atoms. The van der Waals surface area contributed by atoms with Crippen molar-refractivity contribution in [2.24, 2.45) is 0 Å². The Morgan fingerprint density at radius 1 is 1.10 bits per heavy atom. The van der Waals surface area contributed by atoms with E-state index >= 15 is 0 Å². The van der Waals surface area contributed by atoms with Crippen molar-refractivity contribution in [3.63, 3.8) is 0 Å². The number of nitrogens with one attached hydrogen (secondary N) is 1. The largest absolute Gasteiger partial charge is 0.497 e. The van der Waals surface area contributed by atoms with E-state index in [2.05, 4.69) is 21.2 Å². The van der Waals surface area contributed by atoms with Gasteiger partial charge in [-0.1, -0.05) is 18.2 Å². The molecule has 0 aliphatic carbocycles. The molecule has 2 aromatic carbocycles. The summed E-state index contributed by atoms with van der Waals surface area (Å²) in [6.45, 7) is 0.435. The standard InChI is InChI=1S/C23H20BrN3O3S/c1-29-16-8-10-18(20(12-16)30-2)22-19(14-27(26-22)15-6-4-3-5-7-15)23(28)25-13-17-9-11-21(24)31-17/h3-12,14H,13H2,1-2H3,(H,25,28). The van der Waals surface area contributed by atoms with Gasteiger partial charge in [-0.15, -0.1) is 11.3 Å². The number of halogens is 1. The van der Waals surface area contributed by atoms with Crippen molar-refractivity contribution in [1.82, 2.24) is 15.1 Å². The fourth-order valence-corrected chi connectivity index (χ4v) is 4.58. The molecule has 2 aromatic heterocycles. The zero-order valence-corrected chi connectivity index (χ0v) is 19.4. The van der Waals surface area contributed by atoms with Crippen LogP contribution >= 0.6 is 27.3 Å². The first-order valence-electron chi connectivity index (χ1n) is 9.49. The van der Waals surface area contributed by atoms with Crippen molar-refractivity contribution < 1.29 is 14.3 Å². The number of aromatic nitrogens is 2. The number of hydrogen-bond acceptors (Lipinski definition) is 5. The molecule has 0 atom stereocenters. The number of amides is 1. The first-order valence-corrected chi connectivity index (χ1v) is 11.1. The molecule has 0 unspecified atom stereocenters. The van der Waals surface area contributed by atoms with Crippen LogP contribution in [0.4, 0.5) is 0 Å². The highest BCUT2D eigenvalue weighted by Crippen LogP contribution is 2.35. The summed E-state index contributed by atoms with van der Waals surface area (Å²) in [5.41, 5.74) is 2.57. The number of methoxy groups -OCH3 is 2. The minimum atomic E-state index is -0.209. The zero-order valence-electron chi connectivity index (χ0n) is 17.0. The molecule has 0 radical (unpaired) electrons. The lowest BCUT2D eigenvalue weighted by molar-refractivity contribution is 0.0952. The minimum Gasteiger partial charge on any atom is -0.497 e. The summed E-state index contributed by atoms with van der Waals surface area (Å²) >= 11 is 5.04. The van der Waals surface area contributed by atoms with Crippen molar-refractivity contribution in [3.05, 3.63) is 81.1 Å². The Hall–Kier alpha value is -3.10. The monoisotopic (exact) mass is 497 g/mol. The molecule has 1 amide bonds. The summed E-state index contributed by atoms with van der Waals surface area (Å²) in [6.07, 6.45) is 1.74. The third-order valence-electron chi connectivity index (χ3n) is 4.70. The van der Waals surface area contributed by atoms with E-state index in [-0.39, 0.29) is 5.91 Å². The molecular weight excluding hydrogens is 478 g/mol. The SMILES string of the molecule is COc1ccc(-c2nn(-c3ccccc3)cc2C(=O)NCc2ccc(Br)s2)c(OC)c1. The van der Waals surface area contributed by atoms with Crippen LogP contribution in [0.15, 0.2) is 70.6 Å².